The molecule has 0 spiro atoms. The molecule has 1 aromatic rings. The average molecular weight is 203 g/mol. The molecule has 0 aromatic heterocycles. The number of rotatable bonds is 3. The summed E-state index contributed by atoms with van der Waals surface area (Å²) in [4.78, 5) is 10.4. The zero-order valence-electron chi connectivity index (χ0n) is 7.34. The highest BCUT2D eigenvalue weighted by molar-refractivity contribution is 6.73. The van der Waals surface area contributed by atoms with E-state index in [0.29, 0.717) is 6.29 Å². The van der Waals surface area contributed by atoms with Gasteiger partial charge in [-0.15, -0.1) is 5.46 Å². The summed E-state index contributed by atoms with van der Waals surface area (Å²) in [6, 6.07) is 2.81. The summed E-state index contributed by atoms with van der Waals surface area (Å²) in [7, 11) is 1.29. The van der Waals surface area contributed by atoms with Gasteiger partial charge < -0.3 is 17.7 Å². The van der Waals surface area contributed by atoms with E-state index in [1.165, 1.54) is 7.11 Å². The first-order chi connectivity index (χ1) is 6.49. The fraction of sp³-hybridized carbons (Fsp3) is 0.125. The number of halogens is 3. The van der Waals surface area contributed by atoms with Crippen molar-refractivity contribution in [1.29, 1.82) is 0 Å². The van der Waals surface area contributed by atoms with Gasteiger partial charge in [0.25, 0.3) is 0 Å². The number of carbonyl (C=O) groups is 1. The van der Waals surface area contributed by atoms with Crippen LogP contribution in [-0.2, 0) is 0 Å². The van der Waals surface area contributed by atoms with Crippen molar-refractivity contribution in [2.45, 2.75) is 0 Å². The molecule has 0 bridgehead atoms. The molecular formula is C8H7BF3O2-. The summed E-state index contributed by atoms with van der Waals surface area (Å²) < 4.78 is 41.4. The third kappa shape index (κ3) is 2.07. The Morgan fingerprint density at radius 1 is 1.36 bits per heavy atom. The highest BCUT2D eigenvalue weighted by atomic mass is 19.4. The highest BCUT2D eigenvalue weighted by Crippen LogP contribution is 2.17. The Kier molecular flexibility index (Phi) is 2.83. The van der Waals surface area contributed by atoms with Gasteiger partial charge in [0.2, 0.25) is 0 Å². The number of hydrogen-bond acceptors (Lipinski definition) is 2. The molecule has 0 unspecified atom stereocenters. The van der Waals surface area contributed by atoms with Crippen LogP contribution in [0.1, 0.15) is 10.4 Å². The summed E-state index contributed by atoms with van der Waals surface area (Å²) in [6.45, 7) is -5.07. The van der Waals surface area contributed by atoms with E-state index in [0.717, 1.165) is 18.2 Å². The normalized spacial score (nSPS) is 11.1. The minimum absolute atomic E-state index is 0.0933. The summed E-state index contributed by atoms with van der Waals surface area (Å²) >= 11 is 0. The first kappa shape index (κ1) is 10.6. The molecule has 0 N–H and O–H groups in total. The van der Waals surface area contributed by atoms with E-state index in [1.54, 1.807) is 0 Å². The minimum atomic E-state index is -5.07. The van der Waals surface area contributed by atoms with Crippen LogP contribution in [0.4, 0.5) is 12.9 Å². The lowest BCUT2D eigenvalue weighted by molar-refractivity contribution is 0.112. The van der Waals surface area contributed by atoms with Gasteiger partial charge in [0, 0.05) is 0 Å². The first-order valence-corrected chi connectivity index (χ1v) is 3.82. The van der Waals surface area contributed by atoms with Crippen LogP contribution in [0.3, 0.4) is 0 Å². The van der Waals surface area contributed by atoms with Crippen molar-refractivity contribution in [1.82, 2.24) is 0 Å². The van der Waals surface area contributed by atoms with Gasteiger partial charge in [-0.05, 0) is 6.07 Å². The van der Waals surface area contributed by atoms with Crippen LogP contribution in [0.2, 0.25) is 0 Å². The topological polar surface area (TPSA) is 26.3 Å². The van der Waals surface area contributed by atoms with Gasteiger partial charge in [-0.3, -0.25) is 4.79 Å². The molecule has 14 heavy (non-hydrogen) atoms. The maximum absolute atomic E-state index is 12.2. The van der Waals surface area contributed by atoms with E-state index < -0.39 is 12.4 Å². The molecule has 76 valence electrons. The molecule has 0 atom stereocenters. The molecule has 0 aliphatic carbocycles. The number of methoxy groups -OCH3 is 1. The lowest BCUT2D eigenvalue weighted by Crippen LogP contribution is -2.34. The molecule has 0 saturated carbocycles. The fourth-order valence-corrected chi connectivity index (χ4v) is 1.05. The van der Waals surface area contributed by atoms with Gasteiger partial charge in [-0.25, -0.2) is 0 Å². The SMILES string of the molecule is COc1ccc([B-](F)(F)F)cc1C=O. The average Bonchev–Trinajstić information content (AvgIpc) is 2.15. The zero-order chi connectivity index (χ0) is 10.8. The van der Waals surface area contributed by atoms with Crippen molar-refractivity contribution in [3.05, 3.63) is 23.8 Å². The predicted molar refractivity (Wildman–Crippen MR) is 47.1 cm³/mol. The largest absolute Gasteiger partial charge is 0.509 e. The lowest BCUT2D eigenvalue weighted by atomic mass is 9.79. The maximum atomic E-state index is 12.2. The quantitative estimate of drug-likeness (QED) is 0.550. The molecule has 0 aliphatic heterocycles. The lowest BCUT2D eigenvalue weighted by Gasteiger charge is -2.15. The number of benzene rings is 1. The smallest absolute Gasteiger partial charge is 0.496 e. The Labute approximate surface area is 78.7 Å². The molecule has 0 aliphatic rings. The van der Waals surface area contributed by atoms with Crippen molar-refractivity contribution in [2.24, 2.45) is 0 Å². The van der Waals surface area contributed by atoms with Gasteiger partial charge in [0.05, 0.1) is 12.7 Å². The number of ether oxygens (including phenoxy) is 1. The summed E-state index contributed by atoms with van der Waals surface area (Å²) in [5.74, 6) is 0.142. The van der Waals surface area contributed by atoms with Crippen LogP contribution in [0, 0.1) is 0 Å². The second kappa shape index (κ2) is 3.73. The fourth-order valence-electron chi connectivity index (χ4n) is 1.05. The third-order valence-electron chi connectivity index (χ3n) is 1.76. The molecule has 2 nitrogen and oxygen atoms in total. The van der Waals surface area contributed by atoms with Gasteiger partial charge in [0.15, 0.2) is 6.29 Å². The summed E-state index contributed by atoms with van der Waals surface area (Å²) in [5.41, 5.74) is -0.892. The maximum Gasteiger partial charge on any atom is 0.509 e. The van der Waals surface area contributed by atoms with Gasteiger partial charge in [-0.1, -0.05) is 12.1 Å². The number of aldehydes is 1. The summed E-state index contributed by atoms with van der Waals surface area (Å²) in [6.07, 6.45) is 0.337. The Morgan fingerprint density at radius 3 is 2.43 bits per heavy atom. The van der Waals surface area contributed by atoms with Crippen LogP contribution >= 0.6 is 0 Å². The molecule has 1 rings (SSSR count). The second-order valence-corrected chi connectivity index (χ2v) is 2.69. The van der Waals surface area contributed by atoms with Gasteiger partial charge >= 0.3 is 6.98 Å². The van der Waals surface area contributed by atoms with E-state index in [-0.39, 0.29) is 11.3 Å². The van der Waals surface area contributed by atoms with Gasteiger partial charge in [0.1, 0.15) is 5.75 Å². The Morgan fingerprint density at radius 2 is 2.00 bits per heavy atom. The van der Waals surface area contributed by atoms with Crippen LogP contribution in [-0.4, -0.2) is 20.4 Å². The molecule has 1 aromatic carbocycles. The molecule has 0 heterocycles. The van der Waals surface area contributed by atoms with E-state index in [9.17, 15) is 17.7 Å². The molecule has 0 saturated heterocycles. The van der Waals surface area contributed by atoms with Crippen molar-refractivity contribution in [3.8, 4) is 5.75 Å². The van der Waals surface area contributed by atoms with E-state index in [4.69, 9.17) is 4.74 Å². The van der Waals surface area contributed by atoms with E-state index in [1.807, 2.05) is 0 Å². The summed E-state index contributed by atoms with van der Waals surface area (Å²) in [5, 5.41) is 0. The second-order valence-electron chi connectivity index (χ2n) is 2.69. The van der Waals surface area contributed by atoms with Crippen LogP contribution in [0.15, 0.2) is 18.2 Å². The van der Waals surface area contributed by atoms with Crippen molar-refractivity contribution in [2.75, 3.05) is 7.11 Å². The molecule has 0 radical (unpaired) electrons. The predicted octanol–water partition coefficient (Wildman–Crippen LogP) is 1.56. The zero-order valence-corrected chi connectivity index (χ0v) is 7.34. The van der Waals surface area contributed by atoms with E-state index >= 15 is 0 Å². The van der Waals surface area contributed by atoms with Crippen LogP contribution in [0.5, 0.6) is 5.75 Å². The Balaban J connectivity index is 3.21. The van der Waals surface area contributed by atoms with Crippen molar-refractivity contribution < 1.29 is 22.5 Å². The van der Waals surface area contributed by atoms with E-state index in [2.05, 4.69) is 0 Å². The minimum Gasteiger partial charge on any atom is -0.496 e. The number of hydrogen-bond donors (Lipinski definition) is 0. The Bertz CT molecular complexity index is 349. The molecule has 0 fully saturated rings. The third-order valence-corrected chi connectivity index (χ3v) is 1.76. The monoisotopic (exact) mass is 203 g/mol. The van der Waals surface area contributed by atoms with Gasteiger partial charge in [-0.2, -0.15) is 0 Å². The van der Waals surface area contributed by atoms with Crippen LogP contribution < -0.4 is 10.2 Å². The van der Waals surface area contributed by atoms with Crippen molar-refractivity contribution in [3.63, 3.8) is 0 Å². The highest BCUT2D eigenvalue weighted by Gasteiger charge is 2.26. The standard InChI is InChI=1S/C8H7BF3O2/c1-14-8-3-2-7(9(10,11)12)4-6(8)5-13/h2-5H,1H3/q-1. The Hall–Kier alpha value is -1.46. The number of carbonyl (C=O) groups excluding carboxylic acids is 1. The van der Waals surface area contributed by atoms with Crippen LogP contribution in [0.25, 0.3) is 0 Å². The first-order valence-electron chi connectivity index (χ1n) is 3.82. The molecule has 0 amide bonds. The molecule has 6 heteroatoms. The molecular weight excluding hydrogens is 196 g/mol. The van der Waals surface area contributed by atoms with Crippen molar-refractivity contribution >= 4 is 18.7 Å².